The third-order valence-electron chi connectivity index (χ3n) is 17.0. The lowest BCUT2D eigenvalue weighted by atomic mass is 9.85. The lowest BCUT2D eigenvalue weighted by molar-refractivity contribution is 0.590. The van der Waals surface area contributed by atoms with Gasteiger partial charge in [0.05, 0.1) is 68.3 Å². The molecule has 13 rings (SSSR count). The number of rotatable bonds is 8. The normalized spacial score (nSPS) is 12.0. The van der Waals surface area contributed by atoms with Crippen molar-refractivity contribution >= 4 is 43.6 Å². The van der Waals surface area contributed by atoms with Crippen LogP contribution >= 0.6 is 0 Å². The Kier molecular flexibility index (Phi) is 13.5. The van der Waals surface area contributed by atoms with Crippen LogP contribution in [0.5, 0.6) is 0 Å². The molecule has 0 amide bonds. The maximum atomic E-state index is 10.3. The number of benzene rings is 10. The number of nitrogens with zero attached hydrogens (tertiary/aromatic N) is 8. The molecular formula is C79H64N8. The molecule has 0 spiro atoms. The summed E-state index contributed by atoms with van der Waals surface area (Å²) in [5.74, 6) is 1.36. The van der Waals surface area contributed by atoms with Gasteiger partial charge in [0.2, 0.25) is 0 Å². The van der Waals surface area contributed by atoms with Gasteiger partial charge in [0.1, 0.15) is 0 Å². The Bertz CT molecular complexity index is 5030. The summed E-state index contributed by atoms with van der Waals surface area (Å²) in [6.45, 7) is 22.4. The molecule has 0 bridgehead atoms. The predicted octanol–water partition coefficient (Wildman–Crippen LogP) is 19.9. The number of aryl methyl sites for hydroxylation is 1. The topological polar surface area (TPSA) is 120 Å². The van der Waals surface area contributed by atoms with Crippen molar-refractivity contribution in [2.45, 2.75) is 85.5 Å². The average molecular weight is 1130 g/mol. The van der Waals surface area contributed by atoms with E-state index in [-0.39, 0.29) is 16.2 Å². The maximum absolute atomic E-state index is 10.3. The van der Waals surface area contributed by atoms with Crippen molar-refractivity contribution in [2.24, 2.45) is 0 Å². The Morgan fingerprint density at radius 1 is 0.322 bits per heavy atom. The quantitative estimate of drug-likeness (QED) is 0.149. The molecule has 0 saturated heterocycles. The van der Waals surface area contributed by atoms with Gasteiger partial charge in [-0.15, -0.1) is 0 Å². The van der Waals surface area contributed by atoms with Gasteiger partial charge < -0.3 is 9.13 Å². The maximum Gasteiger partial charge on any atom is 0.164 e. The molecule has 0 aliphatic rings. The van der Waals surface area contributed by atoms with Gasteiger partial charge in [-0.05, 0) is 159 Å². The molecule has 0 saturated carbocycles. The van der Waals surface area contributed by atoms with Crippen LogP contribution in [0.2, 0.25) is 0 Å². The molecule has 8 heteroatoms. The van der Waals surface area contributed by atoms with Crippen molar-refractivity contribution in [3.63, 3.8) is 0 Å². The molecule has 420 valence electrons. The molecular weight excluding hydrogens is 1060 g/mol. The first kappa shape index (κ1) is 55.5. The van der Waals surface area contributed by atoms with Crippen molar-refractivity contribution in [3.05, 3.63) is 245 Å². The summed E-state index contributed by atoms with van der Waals surface area (Å²) < 4.78 is 4.71. The van der Waals surface area contributed by atoms with Gasteiger partial charge in [-0.1, -0.05) is 177 Å². The standard InChI is InChI=1S/C79H64N8/c1-48-24-32-68-64(36-48)65-42-58(77(2,3)4)27-33-69(65)86(68)72-40-55(25-30-62(72)51-19-13-16-49(37-51)45-80)75-83-74(54-22-15-21-53(39-54)61-23-12-11-18-57(61)47-82)84-76(85-75)56-26-31-63(52-20-14-17-50(38-52)46-81)73(41-56)87-70-34-28-59(78(5,6)7)43-66(70)67-44-60(79(8,9)10)29-35-71(67)87/h11-44H,1-10H3. The van der Waals surface area contributed by atoms with Crippen LogP contribution in [0.15, 0.2) is 206 Å². The van der Waals surface area contributed by atoms with E-state index in [4.69, 9.17) is 15.0 Å². The van der Waals surface area contributed by atoms with Gasteiger partial charge in [0.25, 0.3) is 0 Å². The molecule has 87 heavy (non-hydrogen) atoms. The molecule has 10 aromatic carbocycles. The zero-order valence-electron chi connectivity index (χ0n) is 50.7. The van der Waals surface area contributed by atoms with Crippen molar-refractivity contribution in [2.75, 3.05) is 0 Å². The molecule has 0 aliphatic carbocycles. The van der Waals surface area contributed by atoms with Gasteiger partial charge in [0, 0.05) is 49.4 Å². The minimum absolute atomic E-state index is 0.0821. The lowest BCUT2D eigenvalue weighted by Crippen LogP contribution is -2.10. The molecule has 0 aliphatic heterocycles. The second kappa shape index (κ2) is 21.1. The molecule has 0 unspecified atom stereocenters. The Balaban J connectivity index is 1.10. The van der Waals surface area contributed by atoms with Crippen molar-refractivity contribution in [3.8, 4) is 97.1 Å². The lowest BCUT2D eigenvalue weighted by Gasteiger charge is -2.20. The number of fused-ring (bicyclic) bond motifs is 6. The fraction of sp³-hybridized carbons (Fsp3) is 0.165. The molecule has 0 radical (unpaired) electrons. The number of nitriles is 3. The largest absolute Gasteiger partial charge is 0.309 e. The van der Waals surface area contributed by atoms with Crippen LogP contribution < -0.4 is 0 Å². The number of hydrogen-bond donors (Lipinski definition) is 0. The Labute approximate surface area is 508 Å². The van der Waals surface area contributed by atoms with E-state index >= 15 is 0 Å². The van der Waals surface area contributed by atoms with E-state index in [0.717, 1.165) is 105 Å². The summed E-state index contributed by atoms with van der Waals surface area (Å²) in [4.78, 5) is 16.4. The fourth-order valence-corrected chi connectivity index (χ4v) is 12.2. The molecule has 0 fully saturated rings. The molecule has 3 aromatic heterocycles. The number of hydrogen-bond acceptors (Lipinski definition) is 6. The van der Waals surface area contributed by atoms with Gasteiger partial charge in [-0.3, -0.25) is 0 Å². The SMILES string of the molecule is Cc1ccc2c(c1)c1cc(C(C)(C)C)ccc1n2-c1cc(-c2nc(-c3cccc(-c4ccccc4C#N)c3)nc(-c3ccc(-c4cccc(C#N)c4)c(-n4c5ccc(C(C)(C)C)cc5c5cc(C(C)(C)C)ccc54)c3)n2)ccc1-c1cccc(C#N)c1. The van der Waals surface area contributed by atoms with Crippen molar-refractivity contribution < 1.29 is 0 Å². The highest BCUT2D eigenvalue weighted by molar-refractivity contribution is 6.12. The average Bonchev–Trinajstić information content (AvgIpc) is 1.65. The van der Waals surface area contributed by atoms with Crippen LogP contribution in [0.25, 0.3) is 123 Å². The second-order valence-corrected chi connectivity index (χ2v) is 26.0. The number of aromatic nitrogens is 5. The summed E-state index contributed by atoms with van der Waals surface area (Å²) in [6, 6.07) is 78.4. The highest BCUT2D eigenvalue weighted by Gasteiger charge is 2.26. The van der Waals surface area contributed by atoms with E-state index < -0.39 is 0 Å². The second-order valence-electron chi connectivity index (χ2n) is 26.0. The zero-order valence-corrected chi connectivity index (χ0v) is 50.7. The molecule has 3 heterocycles. The highest BCUT2D eigenvalue weighted by atomic mass is 15.0. The third kappa shape index (κ3) is 10.1. The van der Waals surface area contributed by atoms with Crippen LogP contribution in [0.4, 0.5) is 0 Å². The van der Waals surface area contributed by atoms with Gasteiger partial charge >= 0.3 is 0 Å². The molecule has 0 N–H and O–H groups in total. The fourth-order valence-electron chi connectivity index (χ4n) is 12.2. The summed E-state index contributed by atoms with van der Waals surface area (Å²) in [5, 5.41) is 35.4. The minimum Gasteiger partial charge on any atom is -0.309 e. The van der Waals surface area contributed by atoms with Crippen LogP contribution in [-0.4, -0.2) is 24.1 Å². The van der Waals surface area contributed by atoms with Crippen LogP contribution in [0.1, 0.15) is 101 Å². The van der Waals surface area contributed by atoms with Gasteiger partial charge in [-0.2, -0.15) is 15.8 Å². The summed E-state index contributed by atoms with van der Waals surface area (Å²) in [7, 11) is 0. The van der Waals surface area contributed by atoms with E-state index in [0.29, 0.717) is 34.2 Å². The highest BCUT2D eigenvalue weighted by Crippen LogP contribution is 2.44. The first-order valence-corrected chi connectivity index (χ1v) is 29.6. The predicted molar refractivity (Wildman–Crippen MR) is 356 cm³/mol. The molecule has 8 nitrogen and oxygen atoms in total. The van der Waals surface area contributed by atoms with Crippen LogP contribution in [0.3, 0.4) is 0 Å². The zero-order chi connectivity index (χ0) is 60.7. The molecule has 0 atom stereocenters. The summed E-state index contributed by atoms with van der Waals surface area (Å²) in [5.41, 5.74) is 19.9. The van der Waals surface area contributed by atoms with Gasteiger partial charge in [0.15, 0.2) is 17.5 Å². The van der Waals surface area contributed by atoms with E-state index in [9.17, 15) is 15.8 Å². The Hall–Kier alpha value is -10.7. The molecule has 13 aromatic rings. The monoisotopic (exact) mass is 1120 g/mol. The first-order valence-electron chi connectivity index (χ1n) is 29.6. The Morgan fingerprint density at radius 2 is 0.701 bits per heavy atom. The summed E-state index contributed by atoms with van der Waals surface area (Å²) >= 11 is 0. The van der Waals surface area contributed by atoms with Crippen LogP contribution in [-0.2, 0) is 16.2 Å². The van der Waals surface area contributed by atoms with E-state index in [1.165, 1.54) is 22.3 Å². The van der Waals surface area contributed by atoms with Gasteiger partial charge in [-0.25, -0.2) is 15.0 Å². The first-order chi connectivity index (χ1) is 41.8. The smallest absolute Gasteiger partial charge is 0.164 e. The third-order valence-corrected chi connectivity index (χ3v) is 17.0. The van der Waals surface area contributed by atoms with Crippen molar-refractivity contribution in [1.82, 2.24) is 24.1 Å². The Morgan fingerprint density at radius 3 is 1.13 bits per heavy atom. The van der Waals surface area contributed by atoms with Crippen molar-refractivity contribution in [1.29, 1.82) is 15.8 Å². The van der Waals surface area contributed by atoms with E-state index in [1.807, 2.05) is 84.9 Å². The van der Waals surface area contributed by atoms with E-state index in [1.54, 1.807) is 0 Å². The van der Waals surface area contributed by atoms with Crippen LogP contribution in [0, 0.1) is 40.9 Å². The van der Waals surface area contributed by atoms with E-state index in [2.05, 4.69) is 218 Å². The summed E-state index contributed by atoms with van der Waals surface area (Å²) in [6.07, 6.45) is 0. The minimum atomic E-state index is -0.0952.